The third-order valence-electron chi connectivity index (χ3n) is 3.93. The molecule has 0 N–H and O–H groups in total. The summed E-state index contributed by atoms with van der Waals surface area (Å²) in [6.07, 6.45) is 0.901. The average molecular weight is 276 g/mol. The minimum absolute atomic E-state index is 0.667. The van der Waals surface area contributed by atoms with Gasteiger partial charge in [0.05, 0.1) is 6.61 Å². The molecule has 4 rings (SSSR count). The van der Waals surface area contributed by atoms with Gasteiger partial charge in [0, 0.05) is 18.1 Å². The molecule has 2 nitrogen and oxygen atoms in total. The van der Waals surface area contributed by atoms with Crippen molar-refractivity contribution in [3.63, 3.8) is 0 Å². The van der Waals surface area contributed by atoms with Gasteiger partial charge in [0.2, 0.25) is 0 Å². The molecular formula is C19H16O2. The Kier molecular flexibility index (Phi) is 2.81. The maximum atomic E-state index is 6.09. The molecule has 3 aromatic rings. The van der Waals surface area contributed by atoms with Gasteiger partial charge >= 0.3 is 0 Å². The third-order valence-corrected chi connectivity index (χ3v) is 3.93. The number of hydrogen-bond donors (Lipinski definition) is 0. The lowest BCUT2D eigenvalue weighted by Crippen LogP contribution is -2.04. The fourth-order valence-electron chi connectivity index (χ4n) is 2.94. The molecule has 0 aromatic heterocycles. The highest BCUT2D eigenvalue weighted by Gasteiger charge is 2.19. The fraction of sp³-hybridized carbons (Fsp3) is 0.158. The first-order valence-corrected chi connectivity index (χ1v) is 7.29. The molecule has 1 aliphatic rings. The van der Waals surface area contributed by atoms with Gasteiger partial charge in [-0.25, -0.2) is 0 Å². The van der Waals surface area contributed by atoms with Crippen molar-refractivity contribution < 1.29 is 9.47 Å². The molecule has 0 radical (unpaired) electrons. The van der Waals surface area contributed by atoms with E-state index >= 15 is 0 Å². The molecule has 104 valence electrons. The van der Waals surface area contributed by atoms with E-state index in [1.165, 1.54) is 21.9 Å². The summed E-state index contributed by atoms with van der Waals surface area (Å²) in [4.78, 5) is 0. The molecular weight excluding hydrogens is 260 g/mol. The molecule has 0 saturated carbocycles. The van der Waals surface area contributed by atoms with Gasteiger partial charge in [0.25, 0.3) is 0 Å². The Bertz CT molecular complexity index is 821. The Morgan fingerprint density at radius 2 is 1.90 bits per heavy atom. The van der Waals surface area contributed by atoms with Crippen LogP contribution in [0.3, 0.4) is 0 Å². The fourth-order valence-corrected chi connectivity index (χ4v) is 2.94. The Labute approximate surface area is 123 Å². The first-order valence-electron chi connectivity index (χ1n) is 7.29. The van der Waals surface area contributed by atoms with Gasteiger partial charge in [-0.3, -0.25) is 0 Å². The first-order chi connectivity index (χ1) is 10.3. The molecule has 1 aliphatic heterocycles. The van der Waals surface area contributed by atoms with E-state index in [-0.39, 0.29) is 0 Å². The molecule has 0 atom stereocenters. The molecule has 0 unspecified atom stereocenters. The molecule has 1 heterocycles. The molecule has 0 bridgehead atoms. The monoisotopic (exact) mass is 276 g/mol. The van der Waals surface area contributed by atoms with E-state index in [1.54, 1.807) is 0 Å². The van der Waals surface area contributed by atoms with Crippen molar-refractivity contribution in [3.05, 3.63) is 65.7 Å². The van der Waals surface area contributed by atoms with Crippen LogP contribution in [-0.2, 0) is 6.42 Å². The van der Waals surface area contributed by atoms with Crippen molar-refractivity contribution in [1.82, 2.24) is 0 Å². The van der Waals surface area contributed by atoms with Crippen LogP contribution in [0.1, 0.15) is 18.1 Å². The van der Waals surface area contributed by atoms with Crippen LogP contribution in [-0.4, -0.2) is 6.61 Å². The summed E-state index contributed by atoms with van der Waals surface area (Å²) in [5, 5.41) is 2.53. The highest BCUT2D eigenvalue weighted by atomic mass is 16.5. The smallest absolute Gasteiger partial charge is 0.134 e. The second-order valence-corrected chi connectivity index (χ2v) is 5.24. The van der Waals surface area contributed by atoms with Crippen LogP contribution in [0.25, 0.3) is 10.8 Å². The normalized spacial score (nSPS) is 12.4. The third kappa shape index (κ3) is 2.04. The van der Waals surface area contributed by atoms with Crippen molar-refractivity contribution in [3.8, 4) is 17.2 Å². The maximum absolute atomic E-state index is 6.09. The number of ether oxygens (including phenoxy) is 2. The Hall–Kier alpha value is -2.48. The van der Waals surface area contributed by atoms with Crippen molar-refractivity contribution in [2.45, 2.75) is 13.3 Å². The summed E-state index contributed by atoms with van der Waals surface area (Å²) < 4.78 is 11.6. The minimum Gasteiger partial charge on any atom is -0.494 e. The van der Waals surface area contributed by atoms with Crippen LogP contribution in [0.4, 0.5) is 0 Å². The first kappa shape index (κ1) is 12.3. The standard InChI is InChI=1S/C19H16O2/c1-2-20-15-9-7-14-11-17-16-6-4-3-5-13(16)8-10-18(17)21-19(14)12-15/h3-10,12H,2,11H2,1H3. The van der Waals surface area contributed by atoms with Crippen LogP contribution in [0.15, 0.2) is 54.6 Å². The summed E-state index contributed by atoms with van der Waals surface area (Å²) in [6.45, 7) is 2.65. The van der Waals surface area contributed by atoms with Gasteiger partial charge in [-0.15, -0.1) is 0 Å². The Balaban J connectivity index is 1.82. The molecule has 21 heavy (non-hydrogen) atoms. The van der Waals surface area contributed by atoms with E-state index in [0.717, 1.165) is 23.7 Å². The van der Waals surface area contributed by atoms with Crippen LogP contribution in [0.2, 0.25) is 0 Å². The predicted molar refractivity (Wildman–Crippen MR) is 84.4 cm³/mol. The van der Waals surface area contributed by atoms with Crippen LogP contribution in [0.5, 0.6) is 17.2 Å². The van der Waals surface area contributed by atoms with Crippen molar-refractivity contribution >= 4 is 10.8 Å². The summed E-state index contributed by atoms with van der Waals surface area (Å²) in [6, 6.07) is 18.7. The van der Waals surface area contributed by atoms with Crippen molar-refractivity contribution in [1.29, 1.82) is 0 Å². The number of fused-ring (bicyclic) bond motifs is 4. The van der Waals surface area contributed by atoms with E-state index in [4.69, 9.17) is 9.47 Å². The van der Waals surface area contributed by atoms with E-state index < -0.39 is 0 Å². The predicted octanol–water partition coefficient (Wildman–Crippen LogP) is 4.94. The Morgan fingerprint density at radius 1 is 1.00 bits per heavy atom. The summed E-state index contributed by atoms with van der Waals surface area (Å²) in [7, 11) is 0. The van der Waals surface area contributed by atoms with E-state index in [1.807, 2.05) is 19.1 Å². The molecule has 0 spiro atoms. The second-order valence-electron chi connectivity index (χ2n) is 5.24. The minimum atomic E-state index is 0.667. The summed E-state index contributed by atoms with van der Waals surface area (Å²) in [5.41, 5.74) is 2.48. The maximum Gasteiger partial charge on any atom is 0.134 e. The molecule has 0 aliphatic carbocycles. The van der Waals surface area contributed by atoms with Crippen LogP contribution >= 0.6 is 0 Å². The lowest BCUT2D eigenvalue weighted by molar-refractivity contribution is 0.337. The van der Waals surface area contributed by atoms with Gasteiger partial charge < -0.3 is 9.47 Å². The molecule has 0 fully saturated rings. The average Bonchev–Trinajstić information content (AvgIpc) is 2.53. The Morgan fingerprint density at radius 3 is 2.81 bits per heavy atom. The summed E-state index contributed by atoms with van der Waals surface area (Å²) >= 11 is 0. The largest absolute Gasteiger partial charge is 0.494 e. The molecule has 2 heteroatoms. The van der Waals surface area contributed by atoms with Gasteiger partial charge in [0.15, 0.2) is 0 Å². The zero-order valence-corrected chi connectivity index (χ0v) is 11.9. The van der Waals surface area contributed by atoms with Gasteiger partial charge in [-0.05, 0) is 35.4 Å². The topological polar surface area (TPSA) is 18.5 Å². The molecule has 0 amide bonds. The van der Waals surface area contributed by atoms with E-state index in [2.05, 4.69) is 42.5 Å². The summed E-state index contributed by atoms with van der Waals surface area (Å²) in [5.74, 6) is 2.72. The zero-order valence-electron chi connectivity index (χ0n) is 11.9. The van der Waals surface area contributed by atoms with Crippen LogP contribution in [0, 0.1) is 0 Å². The molecule has 3 aromatic carbocycles. The van der Waals surface area contributed by atoms with Crippen molar-refractivity contribution in [2.24, 2.45) is 0 Å². The van der Waals surface area contributed by atoms with E-state index in [0.29, 0.717) is 6.61 Å². The van der Waals surface area contributed by atoms with Gasteiger partial charge in [-0.1, -0.05) is 36.4 Å². The lowest BCUT2D eigenvalue weighted by Gasteiger charge is -2.22. The number of rotatable bonds is 2. The van der Waals surface area contributed by atoms with E-state index in [9.17, 15) is 0 Å². The second kappa shape index (κ2) is 4.81. The van der Waals surface area contributed by atoms with Gasteiger partial charge in [-0.2, -0.15) is 0 Å². The quantitative estimate of drug-likeness (QED) is 0.516. The SMILES string of the molecule is CCOc1ccc2c(c1)Oc1ccc3ccccc3c1C2. The number of hydrogen-bond acceptors (Lipinski definition) is 2. The number of benzene rings is 3. The lowest BCUT2D eigenvalue weighted by atomic mass is 9.95. The van der Waals surface area contributed by atoms with Crippen LogP contribution < -0.4 is 9.47 Å². The van der Waals surface area contributed by atoms with Crippen molar-refractivity contribution in [2.75, 3.05) is 6.61 Å². The highest BCUT2D eigenvalue weighted by Crippen LogP contribution is 2.41. The highest BCUT2D eigenvalue weighted by molar-refractivity contribution is 5.88. The van der Waals surface area contributed by atoms with Gasteiger partial charge in [0.1, 0.15) is 17.2 Å². The molecule has 0 saturated heterocycles. The zero-order chi connectivity index (χ0) is 14.2.